The average Bonchev–Trinajstić information content (AvgIpc) is 3.21. The molecular weight excluding hydrogens is 370 g/mol. The van der Waals surface area contributed by atoms with Gasteiger partial charge < -0.3 is 4.42 Å². The summed E-state index contributed by atoms with van der Waals surface area (Å²) in [5.74, 6) is 0. The van der Waals surface area contributed by atoms with E-state index in [2.05, 4.69) is 85.7 Å². The van der Waals surface area contributed by atoms with Crippen LogP contribution in [0.4, 0.5) is 0 Å². The lowest BCUT2D eigenvalue weighted by atomic mass is 10.0. The molecule has 2 nitrogen and oxygen atoms in total. The predicted octanol–water partition coefficient (Wildman–Crippen LogP) is 5.76. The number of pyridine rings is 1. The summed E-state index contributed by atoms with van der Waals surface area (Å²) in [6, 6.07) is 23.9. The first-order chi connectivity index (χ1) is 14.1. The standard InChI is InChI=1S/C26H21NOSi/c1-16-13-14-27-22(15-16)21-9-6-8-18-19-11-12-20-17-7-4-5-10-23(17)29(2,3)26(20)25(19)28-24(18)21/h4-15H,1-3H3. The first-order valence-corrected chi connectivity index (χ1v) is 13.1. The van der Waals surface area contributed by atoms with Crippen molar-refractivity contribution in [1.29, 1.82) is 0 Å². The SMILES string of the molecule is Cc1ccnc(-c2cccc3c2oc2c4c(ccc23)-c2ccccc2[Si]4(C)C)c1. The minimum Gasteiger partial charge on any atom is -0.455 e. The van der Waals surface area contributed by atoms with Crippen LogP contribution in [0.3, 0.4) is 0 Å². The van der Waals surface area contributed by atoms with Crippen LogP contribution in [-0.2, 0) is 0 Å². The second-order valence-electron chi connectivity index (χ2n) is 8.54. The van der Waals surface area contributed by atoms with Crippen molar-refractivity contribution in [1.82, 2.24) is 4.98 Å². The molecule has 0 radical (unpaired) electrons. The molecular formula is C26H21NOSi. The summed E-state index contributed by atoms with van der Waals surface area (Å²) in [6.07, 6.45) is 1.87. The molecule has 140 valence electrons. The van der Waals surface area contributed by atoms with Crippen LogP contribution in [0.5, 0.6) is 0 Å². The zero-order valence-electron chi connectivity index (χ0n) is 16.8. The molecule has 0 bridgehead atoms. The highest BCUT2D eigenvalue weighted by molar-refractivity contribution is 7.05. The van der Waals surface area contributed by atoms with Crippen LogP contribution in [0.1, 0.15) is 5.56 Å². The summed E-state index contributed by atoms with van der Waals surface area (Å²) in [5.41, 5.74) is 7.95. The van der Waals surface area contributed by atoms with Gasteiger partial charge in [-0.3, -0.25) is 4.98 Å². The highest BCUT2D eigenvalue weighted by Gasteiger charge is 2.40. The molecule has 1 aliphatic heterocycles. The van der Waals surface area contributed by atoms with Crippen molar-refractivity contribution in [3.63, 3.8) is 0 Å². The van der Waals surface area contributed by atoms with Crippen LogP contribution in [0.15, 0.2) is 77.3 Å². The van der Waals surface area contributed by atoms with E-state index in [9.17, 15) is 0 Å². The summed E-state index contributed by atoms with van der Waals surface area (Å²) in [6.45, 7) is 6.98. The van der Waals surface area contributed by atoms with E-state index in [1.54, 1.807) is 0 Å². The fourth-order valence-corrected chi connectivity index (χ4v) is 8.31. The third-order valence-electron chi connectivity index (χ3n) is 6.37. The molecule has 0 spiro atoms. The van der Waals surface area contributed by atoms with E-state index >= 15 is 0 Å². The molecule has 0 amide bonds. The van der Waals surface area contributed by atoms with Crippen molar-refractivity contribution in [2.45, 2.75) is 20.0 Å². The summed E-state index contributed by atoms with van der Waals surface area (Å²) in [5, 5.41) is 5.31. The third kappa shape index (κ3) is 2.19. The van der Waals surface area contributed by atoms with Crippen LogP contribution < -0.4 is 10.4 Å². The second-order valence-corrected chi connectivity index (χ2v) is 12.8. The van der Waals surface area contributed by atoms with E-state index in [4.69, 9.17) is 4.42 Å². The summed E-state index contributed by atoms with van der Waals surface area (Å²) in [4.78, 5) is 4.61. The largest absolute Gasteiger partial charge is 0.455 e. The first kappa shape index (κ1) is 16.8. The van der Waals surface area contributed by atoms with Gasteiger partial charge in [0.1, 0.15) is 19.2 Å². The van der Waals surface area contributed by atoms with Crippen molar-refractivity contribution in [2.24, 2.45) is 0 Å². The predicted molar refractivity (Wildman–Crippen MR) is 124 cm³/mol. The van der Waals surface area contributed by atoms with Gasteiger partial charge in [-0.05, 0) is 58.3 Å². The normalized spacial score (nSPS) is 14.3. The Bertz CT molecular complexity index is 1440. The Hall–Kier alpha value is -3.17. The van der Waals surface area contributed by atoms with E-state index < -0.39 is 8.07 Å². The van der Waals surface area contributed by atoms with Gasteiger partial charge >= 0.3 is 0 Å². The monoisotopic (exact) mass is 391 g/mol. The van der Waals surface area contributed by atoms with Gasteiger partial charge in [0.15, 0.2) is 0 Å². The Morgan fingerprint density at radius 1 is 0.759 bits per heavy atom. The molecule has 6 rings (SSSR count). The number of furan rings is 1. The summed E-state index contributed by atoms with van der Waals surface area (Å²) < 4.78 is 6.68. The highest BCUT2D eigenvalue weighted by Crippen LogP contribution is 2.39. The number of fused-ring (bicyclic) bond motifs is 7. The minimum absolute atomic E-state index is 0.940. The van der Waals surface area contributed by atoms with Gasteiger partial charge in [-0.2, -0.15) is 0 Å². The Morgan fingerprint density at radius 2 is 1.55 bits per heavy atom. The Morgan fingerprint density at radius 3 is 2.41 bits per heavy atom. The fourth-order valence-electron chi connectivity index (χ4n) is 4.99. The molecule has 5 aromatic rings. The molecule has 3 aromatic carbocycles. The quantitative estimate of drug-likeness (QED) is 0.340. The maximum Gasteiger partial charge on any atom is 0.144 e. The lowest BCUT2D eigenvalue weighted by Gasteiger charge is -2.18. The lowest BCUT2D eigenvalue weighted by molar-refractivity contribution is 0.672. The molecule has 0 N–H and O–H groups in total. The Kier molecular flexibility index (Phi) is 3.28. The van der Waals surface area contributed by atoms with Crippen LogP contribution in [0.25, 0.3) is 44.3 Å². The van der Waals surface area contributed by atoms with Crippen LogP contribution in [0.2, 0.25) is 13.1 Å². The Balaban J connectivity index is 1.72. The minimum atomic E-state index is -1.82. The van der Waals surface area contributed by atoms with Crippen molar-refractivity contribution in [3.8, 4) is 22.4 Å². The molecule has 0 saturated carbocycles. The van der Waals surface area contributed by atoms with E-state index in [0.29, 0.717) is 0 Å². The number of hydrogen-bond donors (Lipinski definition) is 0. The highest BCUT2D eigenvalue weighted by atomic mass is 28.3. The molecule has 0 fully saturated rings. The van der Waals surface area contributed by atoms with Crippen molar-refractivity contribution >= 4 is 40.4 Å². The van der Waals surface area contributed by atoms with Crippen molar-refractivity contribution in [3.05, 3.63) is 78.5 Å². The number of aryl methyl sites for hydroxylation is 1. The number of benzene rings is 3. The maximum atomic E-state index is 6.68. The molecule has 2 aromatic heterocycles. The van der Waals surface area contributed by atoms with Gasteiger partial charge in [-0.15, -0.1) is 0 Å². The number of rotatable bonds is 1. The summed E-state index contributed by atoms with van der Waals surface area (Å²) in [7, 11) is -1.82. The molecule has 3 heterocycles. The van der Waals surface area contributed by atoms with Gasteiger partial charge in [0.2, 0.25) is 0 Å². The summed E-state index contributed by atoms with van der Waals surface area (Å²) >= 11 is 0. The smallest absolute Gasteiger partial charge is 0.144 e. The van der Waals surface area contributed by atoms with Crippen LogP contribution in [0, 0.1) is 6.92 Å². The number of nitrogens with zero attached hydrogens (tertiary/aromatic N) is 1. The van der Waals surface area contributed by atoms with Crippen molar-refractivity contribution < 1.29 is 4.42 Å². The van der Waals surface area contributed by atoms with Gasteiger partial charge in [0, 0.05) is 22.5 Å². The second kappa shape index (κ2) is 5.68. The molecule has 0 atom stereocenters. The molecule has 0 unspecified atom stereocenters. The van der Waals surface area contributed by atoms with Gasteiger partial charge in [0.25, 0.3) is 0 Å². The van der Waals surface area contributed by atoms with Crippen LogP contribution >= 0.6 is 0 Å². The molecule has 29 heavy (non-hydrogen) atoms. The van der Waals surface area contributed by atoms with Gasteiger partial charge in [0.05, 0.1) is 5.69 Å². The maximum absolute atomic E-state index is 6.68. The van der Waals surface area contributed by atoms with E-state index in [-0.39, 0.29) is 0 Å². The molecule has 0 saturated heterocycles. The zero-order chi connectivity index (χ0) is 19.8. The Labute approximate surface area is 170 Å². The molecule has 1 aliphatic rings. The lowest BCUT2D eigenvalue weighted by Crippen LogP contribution is -2.49. The average molecular weight is 392 g/mol. The molecule has 3 heteroatoms. The number of hydrogen-bond acceptors (Lipinski definition) is 2. The fraction of sp³-hybridized carbons (Fsp3) is 0.115. The first-order valence-electron chi connectivity index (χ1n) is 10.1. The topological polar surface area (TPSA) is 26.0 Å². The van der Waals surface area contributed by atoms with Gasteiger partial charge in [-0.25, -0.2) is 0 Å². The van der Waals surface area contributed by atoms with Crippen LogP contribution in [-0.4, -0.2) is 13.1 Å². The zero-order valence-corrected chi connectivity index (χ0v) is 17.8. The van der Waals surface area contributed by atoms with Crippen molar-refractivity contribution in [2.75, 3.05) is 0 Å². The van der Waals surface area contributed by atoms with E-state index in [1.165, 1.54) is 37.8 Å². The van der Waals surface area contributed by atoms with E-state index in [1.807, 2.05) is 12.3 Å². The van der Waals surface area contributed by atoms with E-state index in [0.717, 1.165) is 22.4 Å². The van der Waals surface area contributed by atoms with Gasteiger partial charge in [-0.1, -0.05) is 55.6 Å². The number of para-hydroxylation sites is 1. The molecule has 0 aliphatic carbocycles. The third-order valence-corrected chi connectivity index (χ3v) is 9.90. The number of aromatic nitrogens is 1.